The average molecular weight is 1390 g/mol. The number of amides is 10. The predicted octanol–water partition coefficient (Wildman–Crippen LogP) is -1.97. The van der Waals surface area contributed by atoms with Crippen molar-refractivity contribution in [1.82, 2.24) is 57.7 Å². The summed E-state index contributed by atoms with van der Waals surface area (Å²) >= 11 is 8.52. The summed E-state index contributed by atoms with van der Waals surface area (Å²) < 4.78 is 0. The average Bonchev–Trinajstić information content (AvgIpc) is 1.78. The molecule has 0 saturated carbocycles. The number of carbonyl (C=O) groups is 13. The van der Waals surface area contributed by atoms with E-state index in [1.54, 1.807) is 74.6 Å². The lowest BCUT2D eigenvalue weighted by Gasteiger charge is -2.31. The minimum Gasteiger partial charge on any atom is -0.508 e. The van der Waals surface area contributed by atoms with Crippen LogP contribution < -0.4 is 59.3 Å². The second-order valence-electron chi connectivity index (χ2n) is 23.8. The van der Waals surface area contributed by atoms with Crippen LogP contribution in [0.25, 0.3) is 10.9 Å². The van der Waals surface area contributed by atoms with Gasteiger partial charge in [-0.1, -0.05) is 74.5 Å². The van der Waals surface area contributed by atoms with Crippen molar-refractivity contribution < 1.29 is 87.9 Å². The predicted molar refractivity (Wildman–Crippen MR) is 358 cm³/mol. The number of fused-ring (bicyclic) bond motifs is 1. The highest BCUT2D eigenvalue weighted by molar-refractivity contribution is 7.80. The molecule has 31 nitrogen and oxygen atoms in total. The fourth-order valence-electron chi connectivity index (χ4n) is 10.6. The van der Waals surface area contributed by atoms with Crippen LogP contribution in [-0.4, -0.2) is 210 Å². The van der Waals surface area contributed by atoms with Gasteiger partial charge < -0.3 is 94.7 Å². The third kappa shape index (κ3) is 24.1. The SMILES string of the molecule is CC(C)[C@H](NC(=O)[C@H](CS)NC(=O)[C@@H](Cc1ccc(O)cc1)NC(=O)[C@H](CCCCN)NC(=O)[C@H](Cc1c[nH]c2ccccc12)NC(=O)[C@H](Cc1ccccc1)NC(=O)[C@H](CS)NC(=O)[C@H](CC(=O)O)NC(=O)[C@H]1CCCN1C(=O)[C@@H](NC(=O)[C@@H](N)CCC(=O)O)[C@@H](C)O)C(=O)O. The van der Waals surface area contributed by atoms with Gasteiger partial charge in [-0.15, -0.1) is 0 Å². The van der Waals surface area contributed by atoms with E-state index < -0.39 is 174 Å². The molecule has 1 fully saturated rings. The molecular weight excluding hydrogens is 1300 g/mol. The van der Waals surface area contributed by atoms with Crippen LogP contribution in [0.2, 0.25) is 0 Å². The lowest BCUT2D eigenvalue weighted by atomic mass is 10.0. The Morgan fingerprint density at radius 2 is 1.06 bits per heavy atom. The maximum Gasteiger partial charge on any atom is 0.326 e. The van der Waals surface area contributed by atoms with Gasteiger partial charge in [-0.25, -0.2) is 4.79 Å². The highest BCUT2D eigenvalue weighted by Gasteiger charge is 2.42. The summed E-state index contributed by atoms with van der Waals surface area (Å²) in [7, 11) is 0. The van der Waals surface area contributed by atoms with E-state index in [0.717, 1.165) is 4.90 Å². The highest BCUT2D eigenvalue weighted by atomic mass is 32.1. The zero-order chi connectivity index (χ0) is 71.6. The van der Waals surface area contributed by atoms with Crippen LogP contribution >= 0.6 is 25.3 Å². The van der Waals surface area contributed by atoms with Crippen LogP contribution in [0.1, 0.15) is 88.8 Å². The van der Waals surface area contributed by atoms with Crippen molar-refractivity contribution in [1.29, 1.82) is 0 Å². The Morgan fingerprint density at radius 3 is 1.60 bits per heavy atom. The van der Waals surface area contributed by atoms with Gasteiger partial charge in [0.15, 0.2) is 0 Å². The number of aliphatic hydroxyl groups is 1. The lowest BCUT2D eigenvalue weighted by molar-refractivity contribution is -0.145. The molecule has 10 amide bonds. The highest BCUT2D eigenvalue weighted by Crippen LogP contribution is 2.22. The number of carboxylic acid groups (broad SMARTS) is 3. The Morgan fingerprint density at radius 1 is 0.567 bits per heavy atom. The van der Waals surface area contributed by atoms with Crippen molar-refractivity contribution in [2.75, 3.05) is 24.6 Å². The number of phenols is 1. The summed E-state index contributed by atoms with van der Waals surface area (Å²) in [5.74, 6) is -15.2. The number of rotatable bonds is 39. The molecule has 0 spiro atoms. The van der Waals surface area contributed by atoms with E-state index >= 15 is 4.79 Å². The van der Waals surface area contributed by atoms with E-state index in [9.17, 15) is 78.0 Å². The third-order valence-electron chi connectivity index (χ3n) is 16.0. The molecule has 0 aliphatic carbocycles. The lowest BCUT2D eigenvalue weighted by Crippen LogP contribution is -2.62. The number of hydrogen-bond acceptors (Lipinski definition) is 19. The first-order valence-corrected chi connectivity index (χ1v) is 32.7. The molecule has 12 atom stereocenters. The number of nitrogens with two attached hydrogens (primary N) is 2. The standard InChI is InChI=1S/C64H87N13O18S2/c1-33(2)52(64(94)95)75-61(91)48(32-97)74-57(87)44(27-36-18-20-38(79)21-19-36)69-55(85)42(16-9-10-24-65)68-58(88)45(28-37-30-67-41-15-8-7-14-39(37)41)71-56(86)43(26-35-12-5-4-6-13-35)70-60(90)47(31-96)73-59(89)46(29-51(82)83)72-62(92)49-17-11-25-77(49)63(93)53(34(3)78)76-54(84)40(66)22-23-50(80)81/h4-8,12-15,18-21,30,33-34,40,42-49,52-53,67,78-79,96-97H,9-11,16-17,22-29,31-32,65-66H2,1-3H3,(H,68,88)(H,69,85)(H,70,90)(H,71,86)(H,72,92)(H,73,89)(H,74,87)(H,75,91)(H,76,84)(H,80,81)(H,82,83)(H,94,95)/t34-,40+,42+,43+,44-,45+,46+,47+,48+,49-,52+,53+/m1/s1. The van der Waals surface area contributed by atoms with Gasteiger partial charge in [-0.2, -0.15) is 25.3 Å². The van der Waals surface area contributed by atoms with Crippen LogP contribution in [0.3, 0.4) is 0 Å². The molecule has 528 valence electrons. The molecule has 3 aromatic carbocycles. The quantitative estimate of drug-likeness (QED) is 0.0170. The van der Waals surface area contributed by atoms with Crippen molar-refractivity contribution in [3.8, 4) is 5.75 Å². The number of H-pyrrole nitrogens is 1. The van der Waals surface area contributed by atoms with E-state index in [-0.39, 0.29) is 76.0 Å². The minimum atomic E-state index is -1.90. The number of phenolic OH excluding ortho intramolecular Hbond substituents is 1. The number of carboxylic acids is 3. The zero-order valence-corrected chi connectivity index (χ0v) is 55.5. The molecule has 1 aliphatic heterocycles. The molecule has 0 unspecified atom stereocenters. The molecule has 1 aliphatic rings. The van der Waals surface area contributed by atoms with Gasteiger partial charge in [0.2, 0.25) is 59.1 Å². The number of aromatic hydroxyl groups is 1. The number of unbranched alkanes of at least 4 members (excludes halogenated alkanes) is 1. The Bertz CT molecular complexity index is 3420. The molecule has 1 aromatic heterocycles. The van der Waals surface area contributed by atoms with Crippen LogP contribution in [0.15, 0.2) is 85.1 Å². The van der Waals surface area contributed by atoms with E-state index in [4.69, 9.17) is 16.6 Å². The second kappa shape index (κ2) is 38.4. The van der Waals surface area contributed by atoms with Gasteiger partial charge in [0, 0.05) is 60.8 Å². The number of aromatic amines is 1. The van der Waals surface area contributed by atoms with Crippen molar-refractivity contribution in [3.63, 3.8) is 0 Å². The largest absolute Gasteiger partial charge is 0.508 e. The van der Waals surface area contributed by atoms with Gasteiger partial charge in [-0.05, 0) is 92.8 Å². The zero-order valence-electron chi connectivity index (χ0n) is 53.7. The summed E-state index contributed by atoms with van der Waals surface area (Å²) in [4.78, 5) is 181. The van der Waals surface area contributed by atoms with E-state index in [1.165, 1.54) is 31.2 Å². The monoisotopic (exact) mass is 1390 g/mol. The smallest absolute Gasteiger partial charge is 0.326 e. The summed E-state index contributed by atoms with van der Waals surface area (Å²) in [6.45, 7) is 4.44. The number of para-hydroxylation sites is 1. The third-order valence-corrected chi connectivity index (χ3v) is 16.7. The number of aromatic nitrogens is 1. The number of nitrogens with zero attached hydrogens (tertiary/aromatic N) is 1. The topological polar surface area (TPSA) is 502 Å². The van der Waals surface area contributed by atoms with Crippen molar-refractivity contribution in [2.45, 2.75) is 164 Å². The maximum atomic E-state index is 15.0. The van der Waals surface area contributed by atoms with E-state index in [1.807, 2.05) is 0 Å². The number of thiol groups is 2. The minimum absolute atomic E-state index is 0.0104. The number of aliphatic hydroxyl groups excluding tert-OH is 1. The molecule has 2 heterocycles. The fourth-order valence-corrected chi connectivity index (χ4v) is 11.1. The van der Waals surface area contributed by atoms with Crippen molar-refractivity contribution >= 4 is 113 Å². The molecule has 1 saturated heterocycles. The van der Waals surface area contributed by atoms with Crippen molar-refractivity contribution in [2.24, 2.45) is 17.4 Å². The number of hydrogen-bond donors (Lipinski definition) is 19. The summed E-state index contributed by atoms with van der Waals surface area (Å²) in [6.07, 6.45) is -1.67. The molecular formula is C64H87N13O18S2. The molecule has 19 N–H and O–H groups in total. The normalized spacial score (nSPS) is 16.2. The number of aliphatic carboxylic acids is 3. The maximum absolute atomic E-state index is 15.0. The summed E-state index contributed by atoms with van der Waals surface area (Å²) in [6, 6.07) is 4.35. The molecule has 0 radical (unpaired) electrons. The number of likely N-dealkylation sites (tertiary alicyclic amines) is 1. The Kier molecular flexibility index (Phi) is 31.1. The molecule has 0 bridgehead atoms. The van der Waals surface area contributed by atoms with Gasteiger partial charge in [0.25, 0.3) is 0 Å². The van der Waals surface area contributed by atoms with Crippen LogP contribution in [0.4, 0.5) is 0 Å². The number of nitrogens with one attached hydrogen (secondary N) is 10. The molecule has 33 heteroatoms. The van der Waals surface area contributed by atoms with Gasteiger partial charge in [0.1, 0.15) is 66.2 Å². The molecule has 4 aromatic rings. The van der Waals surface area contributed by atoms with E-state index in [2.05, 4.69) is 78.1 Å². The first kappa shape index (κ1) is 78.4. The van der Waals surface area contributed by atoms with Gasteiger partial charge in [0.05, 0.1) is 18.6 Å². The first-order valence-electron chi connectivity index (χ1n) is 31.5. The number of benzene rings is 3. The van der Waals surface area contributed by atoms with Crippen LogP contribution in [0.5, 0.6) is 5.75 Å². The van der Waals surface area contributed by atoms with Crippen LogP contribution in [-0.2, 0) is 81.6 Å². The summed E-state index contributed by atoms with van der Waals surface area (Å²) in [5.41, 5.74) is 13.8. The first-order chi connectivity index (χ1) is 46.0. The molecule has 97 heavy (non-hydrogen) atoms. The van der Waals surface area contributed by atoms with E-state index in [0.29, 0.717) is 34.0 Å². The Balaban J connectivity index is 1.42. The Hall–Kier alpha value is -9.31. The van der Waals surface area contributed by atoms with Gasteiger partial charge >= 0.3 is 17.9 Å². The van der Waals surface area contributed by atoms with Crippen molar-refractivity contribution in [3.05, 3.63) is 102 Å². The fraction of sp³-hybridized carbons (Fsp3) is 0.484. The van der Waals surface area contributed by atoms with Crippen LogP contribution in [0, 0.1) is 5.92 Å². The molecule has 5 rings (SSSR count). The summed E-state index contributed by atoms with van der Waals surface area (Å²) in [5, 5.41) is 72.7. The number of carbonyl (C=O) groups excluding carboxylic acids is 10. The van der Waals surface area contributed by atoms with Gasteiger partial charge in [-0.3, -0.25) is 57.5 Å². The Labute approximate surface area is 569 Å². The second-order valence-corrected chi connectivity index (χ2v) is 24.6.